The summed E-state index contributed by atoms with van der Waals surface area (Å²) in [4.78, 5) is 24.6. The van der Waals surface area contributed by atoms with Crippen molar-refractivity contribution in [3.8, 4) is 0 Å². The molecule has 0 saturated carbocycles. The highest BCUT2D eigenvalue weighted by Crippen LogP contribution is 2.31. The van der Waals surface area contributed by atoms with E-state index in [1.54, 1.807) is 41.5 Å². The molecular formula is C22H32F3NO5. The number of esters is 1. The van der Waals surface area contributed by atoms with Gasteiger partial charge in [-0.3, -0.25) is 4.79 Å². The highest BCUT2D eigenvalue weighted by Gasteiger charge is 2.33. The third-order valence-electron chi connectivity index (χ3n) is 4.21. The monoisotopic (exact) mass is 447 g/mol. The topological polar surface area (TPSA) is 73.9 Å². The van der Waals surface area contributed by atoms with E-state index in [4.69, 9.17) is 14.2 Å². The van der Waals surface area contributed by atoms with E-state index in [1.165, 1.54) is 19.2 Å². The summed E-state index contributed by atoms with van der Waals surface area (Å²) < 4.78 is 54.7. The fourth-order valence-electron chi connectivity index (χ4n) is 2.64. The first-order valence-corrected chi connectivity index (χ1v) is 9.87. The summed E-state index contributed by atoms with van der Waals surface area (Å²) in [6, 6.07) is 3.77. The Hall–Kier alpha value is -2.29. The Labute approximate surface area is 181 Å². The lowest BCUT2D eigenvalue weighted by atomic mass is 9.91. The van der Waals surface area contributed by atoms with E-state index in [2.05, 4.69) is 5.32 Å². The van der Waals surface area contributed by atoms with Gasteiger partial charge in [0.1, 0.15) is 12.2 Å². The molecule has 0 heterocycles. The zero-order chi connectivity index (χ0) is 24.0. The Kier molecular flexibility index (Phi) is 8.93. The van der Waals surface area contributed by atoms with Crippen LogP contribution in [-0.2, 0) is 25.2 Å². The van der Waals surface area contributed by atoms with Gasteiger partial charge in [0.15, 0.2) is 0 Å². The Morgan fingerprint density at radius 1 is 0.968 bits per heavy atom. The minimum atomic E-state index is -4.47. The number of amides is 1. The van der Waals surface area contributed by atoms with Crippen molar-refractivity contribution >= 4 is 12.1 Å². The van der Waals surface area contributed by atoms with Crippen molar-refractivity contribution in [2.45, 2.75) is 65.3 Å². The molecule has 0 fully saturated rings. The van der Waals surface area contributed by atoms with Crippen LogP contribution in [0.3, 0.4) is 0 Å². The lowest BCUT2D eigenvalue weighted by Crippen LogP contribution is -2.46. The number of carbonyl (C=O) groups excluding carboxylic acids is 2. The standard InChI is InChI=1S/C22H32F3NO5/c1-20(2,3)18(27)30-13-17(26-19(28)31-21(4,5)6)16(12-29-7)14-8-10-15(11-9-14)22(23,24)25/h8-11,16-17H,12-13H2,1-7H3,(H,26,28)/t16-,17-/m1/s1. The van der Waals surface area contributed by atoms with Crippen LogP contribution in [0.2, 0.25) is 0 Å². The SMILES string of the molecule is COC[C@H](c1ccc(C(F)(F)F)cc1)[C@@H](COC(=O)C(C)(C)C)NC(=O)OC(C)(C)C. The second kappa shape index (κ2) is 10.3. The summed E-state index contributed by atoms with van der Waals surface area (Å²) in [5.41, 5.74) is -1.82. The van der Waals surface area contributed by atoms with Gasteiger partial charge in [-0.25, -0.2) is 4.79 Å². The first kappa shape index (κ1) is 26.7. The maximum Gasteiger partial charge on any atom is 0.416 e. The van der Waals surface area contributed by atoms with Gasteiger partial charge < -0.3 is 19.5 Å². The Bertz CT molecular complexity index is 733. The number of nitrogens with one attached hydrogen (secondary N) is 1. The summed E-state index contributed by atoms with van der Waals surface area (Å²) in [6.45, 7) is 10.0. The van der Waals surface area contributed by atoms with Crippen molar-refractivity contribution in [1.82, 2.24) is 5.32 Å². The molecule has 0 spiro atoms. The molecule has 0 saturated heterocycles. The molecular weight excluding hydrogens is 415 g/mol. The molecule has 1 amide bonds. The molecule has 1 N–H and O–H groups in total. The maximum absolute atomic E-state index is 12.9. The van der Waals surface area contributed by atoms with E-state index in [0.717, 1.165) is 12.1 Å². The quantitative estimate of drug-likeness (QED) is 0.601. The van der Waals surface area contributed by atoms with Gasteiger partial charge in [-0.15, -0.1) is 0 Å². The fraction of sp³-hybridized carbons (Fsp3) is 0.636. The summed E-state index contributed by atoms with van der Waals surface area (Å²) >= 11 is 0. The third-order valence-corrected chi connectivity index (χ3v) is 4.21. The van der Waals surface area contributed by atoms with E-state index in [-0.39, 0.29) is 13.2 Å². The number of ether oxygens (including phenoxy) is 3. The van der Waals surface area contributed by atoms with Gasteiger partial charge in [-0.2, -0.15) is 13.2 Å². The number of alkyl halides is 3. The lowest BCUT2D eigenvalue weighted by Gasteiger charge is -2.30. The third kappa shape index (κ3) is 9.16. The molecule has 0 aliphatic carbocycles. The van der Waals surface area contributed by atoms with Crippen molar-refractivity contribution in [3.63, 3.8) is 0 Å². The van der Waals surface area contributed by atoms with E-state index < -0.39 is 46.8 Å². The van der Waals surface area contributed by atoms with E-state index in [1.807, 2.05) is 0 Å². The van der Waals surface area contributed by atoms with Gasteiger partial charge >= 0.3 is 18.2 Å². The average molecular weight is 447 g/mol. The molecule has 31 heavy (non-hydrogen) atoms. The predicted molar refractivity (Wildman–Crippen MR) is 110 cm³/mol. The Balaban J connectivity index is 3.19. The molecule has 1 aromatic rings. The summed E-state index contributed by atoms with van der Waals surface area (Å²) in [7, 11) is 1.43. The van der Waals surface area contributed by atoms with Crippen LogP contribution in [0, 0.1) is 5.41 Å². The molecule has 0 aliphatic heterocycles. The van der Waals surface area contributed by atoms with Crippen LogP contribution in [0.15, 0.2) is 24.3 Å². The highest BCUT2D eigenvalue weighted by molar-refractivity contribution is 5.75. The van der Waals surface area contributed by atoms with Crippen LogP contribution in [0.1, 0.15) is 58.6 Å². The fourth-order valence-corrected chi connectivity index (χ4v) is 2.64. The van der Waals surface area contributed by atoms with E-state index >= 15 is 0 Å². The normalized spacial score (nSPS) is 14.5. The van der Waals surface area contributed by atoms with Gasteiger partial charge in [-0.05, 0) is 59.2 Å². The molecule has 9 heteroatoms. The number of alkyl carbamates (subject to hydrolysis) is 1. The largest absolute Gasteiger partial charge is 0.463 e. The van der Waals surface area contributed by atoms with Crippen molar-refractivity contribution in [1.29, 1.82) is 0 Å². The predicted octanol–water partition coefficient (Wildman–Crippen LogP) is 4.92. The van der Waals surface area contributed by atoms with Crippen molar-refractivity contribution in [2.75, 3.05) is 20.3 Å². The van der Waals surface area contributed by atoms with Crippen molar-refractivity contribution in [2.24, 2.45) is 5.41 Å². The number of halogens is 3. The summed E-state index contributed by atoms with van der Waals surface area (Å²) in [5.74, 6) is -1.07. The molecule has 0 aliphatic rings. The number of carbonyl (C=O) groups is 2. The van der Waals surface area contributed by atoms with Crippen LogP contribution >= 0.6 is 0 Å². The maximum atomic E-state index is 12.9. The first-order valence-electron chi connectivity index (χ1n) is 9.87. The number of methoxy groups -OCH3 is 1. The number of hydrogen-bond donors (Lipinski definition) is 1. The van der Waals surface area contributed by atoms with Gasteiger partial charge in [-0.1, -0.05) is 12.1 Å². The molecule has 2 atom stereocenters. The number of benzene rings is 1. The molecule has 0 bridgehead atoms. The van der Waals surface area contributed by atoms with Crippen LogP contribution < -0.4 is 5.32 Å². The Morgan fingerprint density at radius 3 is 1.94 bits per heavy atom. The second-order valence-corrected chi connectivity index (χ2v) is 9.28. The molecule has 176 valence electrons. The van der Waals surface area contributed by atoms with Gasteiger partial charge in [0.05, 0.1) is 23.6 Å². The molecule has 0 radical (unpaired) electrons. The zero-order valence-corrected chi connectivity index (χ0v) is 19.1. The number of rotatable bonds is 7. The summed E-state index contributed by atoms with van der Waals surface area (Å²) in [6.07, 6.45) is -5.21. The van der Waals surface area contributed by atoms with Gasteiger partial charge in [0, 0.05) is 13.0 Å². The minimum absolute atomic E-state index is 0.0684. The molecule has 1 aromatic carbocycles. The van der Waals surface area contributed by atoms with Gasteiger partial charge in [0.2, 0.25) is 0 Å². The van der Waals surface area contributed by atoms with Crippen LogP contribution in [0.25, 0.3) is 0 Å². The number of hydrogen-bond acceptors (Lipinski definition) is 5. The smallest absolute Gasteiger partial charge is 0.416 e. The van der Waals surface area contributed by atoms with Crippen molar-refractivity contribution in [3.05, 3.63) is 35.4 Å². The second-order valence-electron chi connectivity index (χ2n) is 9.28. The minimum Gasteiger partial charge on any atom is -0.463 e. The molecule has 0 aromatic heterocycles. The van der Waals surface area contributed by atoms with E-state index in [0.29, 0.717) is 5.56 Å². The highest BCUT2D eigenvalue weighted by atomic mass is 19.4. The first-order chi connectivity index (χ1) is 14.0. The average Bonchev–Trinajstić information content (AvgIpc) is 2.60. The molecule has 6 nitrogen and oxygen atoms in total. The Morgan fingerprint density at radius 2 is 1.52 bits per heavy atom. The zero-order valence-electron chi connectivity index (χ0n) is 19.1. The van der Waals surface area contributed by atoms with E-state index in [9.17, 15) is 22.8 Å². The summed E-state index contributed by atoms with van der Waals surface area (Å²) in [5, 5.41) is 2.67. The van der Waals surface area contributed by atoms with Crippen LogP contribution in [-0.4, -0.2) is 44.0 Å². The van der Waals surface area contributed by atoms with Gasteiger partial charge in [0.25, 0.3) is 0 Å². The molecule has 0 unspecified atom stereocenters. The lowest BCUT2D eigenvalue weighted by molar-refractivity contribution is -0.154. The van der Waals surface area contributed by atoms with Crippen LogP contribution in [0.4, 0.5) is 18.0 Å². The van der Waals surface area contributed by atoms with Crippen molar-refractivity contribution < 1.29 is 37.0 Å². The molecule has 1 rings (SSSR count). The van der Waals surface area contributed by atoms with Crippen LogP contribution in [0.5, 0.6) is 0 Å².